The van der Waals surface area contributed by atoms with Crippen molar-refractivity contribution in [3.8, 4) is 11.4 Å². The first-order valence-corrected chi connectivity index (χ1v) is 10.0. The van der Waals surface area contributed by atoms with Gasteiger partial charge >= 0.3 is 0 Å². The summed E-state index contributed by atoms with van der Waals surface area (Å²) in [6.45, 7) is 0.800. The van der Waals surface area contributed by atoms with E-state index in [0.29, 0.717) is 18.6 Å². The highest BCUT2D eigenvalue weighted by molar-refractivity contribution is 7.89. The molecule has 2 heterocycles. The minimum absolute atomic E-state index is 0.195. The van der Waals surface area contributed by atoms with E-state index >= 15 is 0 Å². The number of halogens is 2. The summed E-state index contributed by atoms with van der Waals surface area (Å²) in [7, 11) is -0.237. The molecule has 0 spiro atoms. The molecule has 1 saturated heterocycles. The maximum absolute atomic E-state index is 13.6. The summed E-state index contributed by atoms with van der Waals surface area (Å²) in [5.74, 6) is -3.25. The van der Waals surface area contributed by atoms with E-state index in [0.717, 1.165) is 23.2 Å². The van der Waals surface area contributed by atoms with Gasteiger partial charge in [0.25, 0.3) is 0 Å². The highest BCUT2D eigenvalue weighted by atomic mass is 32.2. The van der Waals surface area contributed by atoms with E-state index in [9.17, 15) is 22.3 Å². The molecule has 1 aliphatic rings. The number of phenolic OH excluding ortho intramolecular Hbond substituents is 1. The van der Waals surface area contributed by atoms with Gasteiger partial charge in [-0.2, -0.15) is 9.49 Å². The van der Waals surface area contributed by atoms with Crippen molar-refractivity contribution in [3.05, 3.63) is 48.2 Å². The molecule has 0 saturated carbocycles. The number of anilines is 1. The van der Waals surface area contributed by atoms with Crippen LogP contribution in [0, 0.1) is 11.6 Å². The molecule has 1 aromatic heterocycles. The third-order valence-electron chi connectivity index (χ3n) is 4.93. The van der Waals surface area contributed by atoms with Crippen molar-refractivity contribution in [2.75, 3.05) is 32.1 Å². The molecular formula is C18H18F2N4O3S. The Bertz CT molecular complexity index is 1150. The summed E-state index contributed by atoms with van der Waals surface area (Å²) in [6, 6.07) is 7.51. The molecular weight excluding hydrogens is 390 g/mol. The summed E-state index contributed by atoms with van der Waals surface area (Å²) in [5.41, 5.74) is 1.69. The summed E-state index contributed by atoms with van der Waals surface area (Å²) in [5, 5.41) is 14.0. The number of rotatable bonds is 4. The number of hydrogen-bond donors (Lipinski definition) is 1. The number of sulfonamides is 1. The number of hydrogen-bond acceptors (Lipinski definition) is 5. The van der Waals surface area contributed by atoms with Gasteiger partial charge in [0.1, 0.15) is 5.25 Å². The second-order valence-electron chi connectivity index (χ2n) is 6.91. The molecule has 3 aromatic rings. The number of aromatic nitrogens is 2. The van der Waals surface area contributed by atoms with Gasteiger partial charge in [0, 0.05) is 50.4 Å². The lowest BCUT2D eigenvalue weighted by Crippen LogP contribution is -2.57. The Morgan fingerprint density at radius 3 is 2.50 bits per heavy atom. The van der Waals surface area contributed by atoms with Crippen LogP contribution >= 0.6 is 0 Å². The Balaban J connectivity index is 1.62. The zero-order valence-electron chi connectivity index (χ0n) is 15.2. The fraction of sp³-hybridized carbons (Fsp3) is 0.278. The van der Waals surface area contributed by atoms with Crippen LogP contribution in [0.25, 0.3) is 16.6 Å². The molecule has 1 N–H and O–H groups in total. The maximum Gasteiger partial charge on any atom is 0.219 e. The SMILES string of the molecule is CN(C)S(=O)(=O)C1CN(c2ccc3c(cnn3-c3cc(O)c(F)c(F)c3)c2)C1. The first-order valence-electron chi connectivity index (χ1n) is 8.51. The predicted octanol–water partition coefficient (Wildman–Crippen LogP) is 2.09. The molecule has 0 amide bonds. The second kappa shape index (κ2) is 6.42. The van der Waals surface area contributed by atoms with Crippen LogP contribution in [-0.2, 0) is 10.0 Å². The zero-order valence-corrected chi connectivity index (χ0v) is 16.0. The van der Waals surface area contributed by atoms with Gasteiger partial charge in [-0.05, 0) is 18.2 Å². The molecule has 28 heavy (non-hydrogen) atoms. The molecule has 0 radical (unpaired) electrons. The predicted molar refractivity (Wildman–Crippen MR) is 101 cm³/mol. The van der Waals surface area contributed by atoms with Crippen LogP contribution in [0.3, 0.4) is 0 Å². The largest absolute Gasteiger partial charge is 0.505 e. The van der Waals surface area contributed by atoms with E-state index in [1.54, 1.807) is 12.3 Å². The lowest BCUT2D eigenvalue weighted by atomic mass is 10.1. The molecule has 0 bridgehead atoms. The molecule has 0 atom stereocenters. The lowest BCUT2D eigenvalue weighted by molar-refractivity contribution is 0.406. The van der Waals surface area contributed by atoms with Crippen LogP contribution in [0.2, 0.25) is 0 Å². The van der Waals surface area contributed by atoms with Crippen molar-refractivity contribution in [2.24, 2.45) is 0 Å². The van der Waals surface area contributed by atoms with Gasteiger partial charge in [0.05, 0.1) is 17.4 Å². The van der Waals surface area contributed by atoms with Crippen molar-refractivity contribution >= 4 is 26.6 Å². The van der Waals surface area contributed by atoms with Crippen molar-refractivity contribution in [2.45, 2.75) is 5.25 Å². The lowest BCUT2D eigenvalue weighted by Gasteiger charge is -2.41. The average molecular weight is 408 g/mol. The number of fused-ring (bicyclic) bond motifs is 1. The van der Waals surface area contributed by atoms with E-state index in [-0.39, 0.29) is 5.69 Å². The number of nitrogens with zero attached hydrogens (tertiary/aromatic N) is 4. The van der Waals surface area contributed by atoms with Gasteiger partial charge in [0.15, 0.2) is 17.4 Å². The van der Waals surface area contributed by atoms with Gasteiger partial charge in [0.2, 0.25) is 10.0 Å². The minimum atomic E-state index is -3.28. The molecule has 0 unspecified atom stereocenters. The van der Waals surface area contributed by atoms with Gasteiger partial charge in [-0.1, -0.05) is 0 Å². The van der Waals surface area contributed by atoms with Gasteiger partial charge in [-0.15, -0.1) is 0 Å². The molecule has 10 heteroatoms. The monoisotopic (exact) mass is 408 g/mol. The molecule has 1 aliphatic heterocycles. The summed E-state index contributed by atoms with van der Waals surface area (Å²) >= 11 is 0. The number of phenols is 1. The summed E-state index contributed by atoms with van der Waals surface area (Å²) < 4.78 is 53.9. The minimum Gasteiger partial charge on any atom is -0.505 e. The Kier molecular flexibility index (Phi) is 4.27. The third kappa shape index (κ3) is 2.89. The highest BCUT2D eigenvalue weighted by Crippen LogP contribution is 2.30. The average Bonchev–Trinajstić information content (AvgIpc) is 3.01. The van der Waals surface area contributed by atoms with E-state index in [2.05, 4.69) is 5.10 Å². The molecule has 1 fully saturated rings. The van der Waals surface area contributed by atoms with Crippen LogP contribution in [0.1, 0.15) is 0 Å². The molecule has 4 rings (SSSR count). The molecule has 0 aliphatic carbocycles. The maximum atomic E-state index is 13.6. The highest BCUT2D eigenvalue weighted by Gasteiger charge is 2.38. The van der Waals surface area contributed by atoms with Crippen molar-refractivity contribution < 1.29 is 22.3 Å². The quantitative estimate of drug-likeness (QED) is 0.715. The Labute approximate surface area is 160 Å². The fourth-order valence-corrected chi connectivity index (χ4v) is 4.57. The van der Waals surface area contributed by atoms with E-state index in [4.69, 9.17) is 0 Å². The van der Waals surface area contributed by atoms with E-state index in [1.165, 1.54) is 23.1 Å². The Morgan fingerprint density at radius 1 is 1.14 bits per heavy atom. The van der Waals surface area contributed by atoms with Crippen molar-refractivity contribution in [1.82, 2.24) is 14.1 Å². The first kappa shape index (κ1) is 18.6. The third-order valence-corrected chi connectivity index (χ3v) is 7.09. The number of benzene rings is 2. The zero-order chi connectivity index (χ0) is 20.2. The van der Waals surface area contributed by atoms with Crippen molar-refractivity contribution in [1.29, 1.82) is 0 Å². The second-order valence-corrected chi connectivity index (χ2v) is 9.34. The molecule has 148 valence electrons. The van der Waals surface area contributed by atoms with Crippen LogP contribution in [-0.4, -0.2) is 60.0 Å². The Morgan fingerprint density at radius 2 is 1.86 bits per heavy atom. The fourth-order valence-electron chi connectivity index (χ4n) is 3.24. The summed E-state index contributed by atoms with van der Waals surface area (Å²) in [6.07, 6.45) is 1.57. The smallest absolute Gasteiger partial charge is 0.219 e. The topological polar surface area (TPSA) is 78.7 Å². The van der Waals surface area contributed by atoms with Crippen LogP contribution in [0.15, 0.2) is 36.5 Å². The first-order chi connectivity index (χ1) is 13.2. The standard InChI is InChI=1S/C18H18F2N4O3S/c1-22(2)28(26,27)14-9-23(10-14)12-3-4-16-11(5-12)8-21-24(16)13-6-15(19)18(20)17(25)7-13/h3-8,14,25H,9-10H2,1-2H3. The summed E-state index contributed by atoms with van der Waals surface area (Å²) in [4.78, 5) is 1.95. The van der Waals surface area contributed by atoms with Crippen LogP contribution < -0.4 is 4.90 Å². The van der Waals surface area contributed by atoms with Gasteiger partial charge in [-0.3, -0.25) is 0 Å². The molecule has 7 nitrogen and oxygen atoms in total. The van der Waals surface area contributed by atoms with E-state index in [1.807, 2.05) is 17.0 Å². The molecule has 2 aromatic carbocycles. The normalized spacial score (nSPS) is 15.4. The van der Waals surface area contributed by atoms with Gasteiger partial charge in [-0.25, -0.2) is 21.8 Å². The number of aromatic hydroxyl groups is 1. The van der Waals surface area contributed by atoms with Crippen LogP contribution in [0.4, 0.5) is 14.5 Å². The van der Waals surface area contributed by atoms with Crippen LogP contribution in [0.5, 0.6) is 5.75 Å². The van der Waals surface area contributed by atoms with Crippen molar-refractivity contribution in [3.63, 3.8) is 0 Å². The van der Waals surface area contributed by atoms with Gasteiger partial charge < -0.3 is 10.0 Å². The Hall–Kier alpha value is -2.72. The van der Waals surface area contributed by atoms with E-state index < -0.39 is 32.7 Å².